The van der Waals surface area contributed by atoms with Crippen LogP contribution in [0.15, 0.2) is 12.1 Å². The number of aliphatic hydroxyl groups excluding tert-OH is 1. The molecule has 2 N–H and O–H groups in total. The molecule has 5 nitrogen and oxygen atoms in total. The van der Waals surface area contributed by atoms with Gasteiger partial charge in [-0.25, -0.2) is 0 Å². The lowest BCUT2D eigenvalue weighted by atomic mass is 9.74. The summed E-state index contributed by atoms with van der Waals surface area (Å²) in [4.78, 5) is 10.7. The summed E-state index contributed by atoms with van der Waals surface area (Å²) in [7, 11) is 0. The highest BCUT2D eigenvalue weighted by Gasteiger charge is 2.31. The van der Waals surface area contributed by atoms with Gasteiger partial charge in [-0.05, 0) is 38.3 Å². The van der Waals surface area contributed by atoms with Crippen molar-refractivity contribution in [2.24, 2.45) is 5.41 Å². The number of hydrogen-bond donors (Lipinski definition) is 2. The fourth-order valence-corrected chi connectivity index (χ4v) is 3.20. The van der Waals surface area contributed by atoms with Crippen LogP contribution in [-0.2, 0) is 0 Å². The fraction of sp³-hybridized carbons (Fsp3) is 0.625. The Morgan fingerprint density at radius 1 is 1.24 bits per heavy atom. The molecule has 0 heterocycles. The first-order chi connectivity index (χ1) is 9.97. The van der Waals surface area contributed by atoms with Crippen molar-refractivity contribution >= 4 is 11.4 Å². The summed E-state index contributed by atoms with van der Waals surface area (Å²) in [6, 6.07) is 3.45. The Morgan fingerprint density at radius 2 is 1.90 bits per heavy atom. The number of nitrogens with one attached hydrogen (secondary N) is 1. The number of aliphatic hydroxyl groups is 1. The Hall–Kier alpha value is -1.62. The first-order valence-corrected chi connectivity index (χ1v) is 7.58. The number of anilines is 1. The minimum atomic E-state index is -0.345. The van der Waals surface area contributed by atoms with Crippen molar-refractivity contribution in [2.45, 2.75) is 46.0 Å². The van der Waals surface area contributed by atoms with Crippen LogP contribution < -0.4 is 5.32 Å². The van der Waals surface area contributed by atoms with Crippen LogP contribution in [0.25, 0.3) is 0 Å². The highest BCUT2D eigenvalue weighted by atomic mass is 16.6. The summed E-state index contributed by atoms with van der Waals surface area (Å²) in [6.45, 7) is 4.55. The molecular weight excluding hydrogens is 268 g/mol. The summed E-state index contributed by atoms with van der Waals surface area (Å²) in [5, 5.41) is 24.1. The summed E-state index contributed by atoms with van der Waals surface area (Å²) in [6.07, 6.45) is 5.56. The van der Waals surface area contributed by atoms with Crippen LogP contribution in [0.1, 0.15) is 43.2 Å². The maximum atomic E-state index is 11.0. The van der Waals surface area contributed by atoms with Crippen LogP contribution in [0, 0.1) is 29.4 Å². The van der Waals surface area contributed by atoms with Gasteiger partial charge >= 0.3 is 0 Å². The lowest BCUT2D eigenvalue weighted by Crippen LogP contribution is -2.35. The Balaban J connectivity index is 2.15. The zero-order valence-electron chi connectivity index (χ0n) is 12.8. The summed E-state index contributed by atoms with van der Waals surface area (Å²) >= 11 is 0. The molecule has 0 atom stereocenters. The van der Waals surface area contributed by atoms with Crippen molar-refractivity contribution in [2.75, 3.05) is 18.5 Å². The first-order valence-electron chi connectivity index (χ1n) is 7.58. The topological polar surface area (TPSA) is 75.4 Å². The highest BCUT2D eigenvalue weighted by molar-refractivity contribution is 5.60. The molecule has 5 heteroatoms. The molecule has 1 fully saturated rings. The molecular formula is C16H24N2O3. The van der Waals surface area contributed by atoms with Gasteiger partial charge in [0.25, 0.3) is 5.69 Å². The van der Waals surface area contributed by atoms with Crippen LogP contribution in [0.4, 0.5) is 11.4 Å². The standard InChI is InChI=1S/C16H24N2O3/c1-12-8-13(2)15(18(20)21)9-14(12)17-10-16(11-19)6-4-3-5-7-16/h8-9,17,19H,3-7,10-11H2,1-2H3. The molecule has 1 aromatic carbocycles. The zero-order valence-corrected chi connectivity index (χ0v) is 12.8. The van der Waals surface area contributed by atoms with Crippen molar-refractivity contribution < 1.29 is 10.0 Å². The Bertz CT molecular complexity index is 522. The van der Waals surface area contributed by atoms with Gasteiger partial charge in [0.15, 0.2) is 0 Å². The van der Waals surface area contributed by atoms with Crippen LogP contribution in [0.3, 0.4) is 0 Å². The predicted octanol–water partition coefficient (Wildman–Crippen LogP) is 3.57. The van der Waals surface area contributed by atoms with Crippen LogP contribution >= 0.6 is 0 Å². The van der Waals surface area contributed by atoms with Gasteiger partial charge in [0, 0.05) is 29.3 Å². The van der Waals surface area contributed by atoms with Gasteiger partial charge in [-0.2, -0.15) is 0 Å². The fourth-order valence-electron chi connectivity index (χ4n) is 3.20. The number of aryl methyl sites for hydroxylation is 2. The molecule has 1 aliphatic carbocycles. The van der Waals surface area contributed by atoms with E-state index in [1.807, 2.05) is 13.0 Å². The Labute approximate surface area is 125 Å². The van der Waals surface area contributed by atoms with Crippen LogP contribution in [0.2, 0.25) is 0 Å². The Kier molecular flexibility index (Phi) is 4.83. The molecule has 1 aromatic rings. The maximum absolute atomic E-state index is 11.0. The molecule has 0 saturated heterocycles. The number of nitrogens with zero attached hydrogens (tertiary/aromatic N) is 1. The maximum Gasteiger partial charge on any atom is 0.274 e. The van der Waals surface area contributed by atoms with E-state index in [1.54, 1.807) is 13.0 Å². The molecule has 0 amide bonds. The van der Waals surface area contributed by atoms with Crippen molar-refractivity contribution in [1.29, 1.82) is 0 Å². The van der Waals surface area contributed by atoms with Gasteiger partial charge in [0.05, 0.1) is 11.5 Å². The minimum Gasteiger partial charge on any atom is -0.396 e. The molecule has 0 unspecified atom stereocenters. The number of hydrogen-bond acceptors (Lipinski definition) is 4. The van der Waals surface area contributed by atoms with E-state index in [1.165, 1.54) is 6.42 Å². The molecule has 0 spiro atoms. The van der Waals surface area contributed by atoms with E-state index in [0.29, 0.717) is 12.1 Å². The molecule has 0 aromatic heterocycles. The van der Waals surface area contributed by atoms with Gasteiger partial charge in [-0.3, -0.25) is 10.1 Å². The highest BCUT2D eigenvalue weighted by Crippen LogP contribution is 2.36. The summed E-state index contributed by atoms with van der Waals surface area (Å²) < 4.78 is 0. The summed E-state index contributed by atoms with van der Waals surface area (Å²) in [5.41, 5.74) is 2.54. The first kappa shape index (κ1) is 15.8. The van der Waals surface area contributed by atoms with Crippen molar-refractivity contribution in [3.05, 3.63) is 33.4 Å². The second-order valence-electron chi connectivity index (χ2n) is 6.28. The normalized spacial score (nSPS) is 17.5. The van der Waals surface area contributed by atoms with Gasteiger partial charge in [0.2, 0.25) is 0 Å². The van der Waals surface area contributed by atoms with Crippen molar-refractivity contribution in [1.82, 2.24) is 0 Å². The molecule has 2 rings (SSSR count). The number of nitro groups is 1. The van der Waals surface area contributed by atoms with Crippen LogP contribution in [0.5, 0.6) is 0 Å². The average molecular weight is 292 g/mol. The van der Waals surface area contributed by atoms with E-state index >= 15 is 0 Å². The average Bonchev–Trinajstić information content (AvgIpc) is 2.47. The van der Waals surface area contributed by atoms with Gasteiger partial charge < -0.3 is 10.4 Å². The summed E-state index contributed by atoms with van der Waals surface area (Å²) in [5.74, 6) is 0. The lowest BCUT2D eigenvalue weighted by molar-refractivity contribution is -0.385. The van der Waals surface area contributed by atoms with Gasteiger partial charge in [-0.15, -0.1) is 0 Å². The molecule has 21 heavy (non-hydrogen) atoms. The smallest absolute Gasteiger partial charge is 0.274 e. The molecule has 1 aliphatic rings. The largest absolute Gasteiger partial charge is 0.396 e. The van der Waals surface area contributed by atoms with E-state index in [0.717, 1.165) is 36.9 Å². The minimum absolute atomic E-state index is 0.0790. The van der Waals surface area contributed by atoms with Crippen molar-refractivity contribution in [3.8, 4) is 0 Å². The van der Waals surface area contributed by atoms with E-state index in [-0.39, 0.29) is 22.6 Å². The quantitative estimate of drug-likeness (QED) is 0.642. The third-order valence-corrected chi connectivity index (χ3v) is 4.64. The van der Waals surface area contributed by atoms with E-state index in [9.17, 15) is 15.2 Å². The van der Waals surface area contributed by atoms with Crippen molar-refractivity contribution in [3.63, 3.8) is 0 Å². The molecule has 1 saturated carbocycles. The molecule has 0 bridgehead atoms. The second-order valence-corrected chi connectivity index (χ2v) is 6.28. The van der Waals surface area contributed by atoms with E-state index in [2.05, 4.69) is 5.32 Å². The SMILES string of the molecule is Cc1cc(C)c([N+](=O)[O-])cc1NCC1(CO)CCCCC1. The van der Waals surface area contributed by atoms with E-state index < -0.39 is 0 Å². The molecule has 0 aliphatic heterocycles. The molecule has 116 valence electrons. The number of nitro benzene ring substituents is 1. The monoisotopic (exact) mass is 292 g/mol. The Morgan fingerprint density at radius 3 is 2.48 bits per heavy atom. The zero-order chi connectivity index (χ0) is 15.5. The van der Waals surface area contributed by atoms with Gasteiger partial charge in [0.1, 0.15) is 0 Å². The third-order valence-electron chi connectivity index (χ3n) is 4.64. The third kappa shape index (κ3) is 3.53. The number of benzene rings is 1. The second kappa shape index (κ2) is 6.43. The van der Waals surface area contributed by atoms with Crippen LogP contribution in [-0.4, -0.2) is 23.2 Å². The lowest BCUT2D eigenvalue weighted by Gasteiger charge is -2.36. The molecule has 0 radical (unpaired) electrons. The van der Waals surface area contributed by atoms with Gasteiger partial charge in [-0.1, -0.05) is 19.3 Å². The number of rotatable bonds is 5. The van der Waals surface area contributed by atoms with E-state index in [4.69, 9.17) is 0 Å². The predicted molar refractivity (Wildman–Crippen MR) is 83.7 cm³/mol.